The minimum absolute atomic E-state index is 0.176. The highest BCUT2D eigenvalue weighted by Crippen LogP contribution is 2.36. The van der Waals surface area contributed by atoms with E-state index in [-0.39, 0.29) is 5.54 Å². The summed E-state index contributed by atoms with van der Waals surface area (Å²) < 4.78 is 5.68. The smallest absolute Gasteiger partial charge is 0.144 e. The Morgan fingerprint density at radius 3 is 2.68 bits per heavy atom. The molecule has 0 heterocycles. The van der Waals surface area contributed by atoms with Crippen molar-refractivity contribution in [3.05, 3.63) is 18.2 Å². The van der Waals surface area contributed by atoms with E-state index in [4.69, 9.17) is 10.5 Å². The van der Waals surface area contributed by atoms with Crippen molar-refractivity contribution in [2.45, 2.75) is 57.9 Å². The minimum atomic E-state index is 0.176. The summed E-state index contributed by atoms with van der Waals surface area (Å²) in [5.74, 6) is 0.797. The number of para-hydroxylation sites is 1. The second-order valence-electron chi connectivity index (χ2n) is 5.81. The molecule has 19 heavy (non-hydrogen) atoms. The molecule has 3 nitrogen and oxygen atoms in total. The molecule has 1 aliphatic rings. The molecule has 1 saturated carbocycles. The molecule has 1 fully saturated rings. The Morgan fingerprint density at radius 1 is 1.26 bits per heavy atom. The van der Waals surface area contributed by atoms with Crippen LogP contribution in [0.5, 0.6) is 5.75 Å². The average Bonchev–Trinajstić information content (AvgIpc) is 2.40. The van der Waals surface area contributed by atoms with Gasteiger partial charge in [-0.1, -0.05) is 32.3 Å². The van der Waals surface area contributed by atoms with Gasteiger partial charge in [-0.15, -0.1) is 0 Å². The van der Waals surface area contributed by atoms with E-state index in [1.807, 2.05) is 18.2 Å². The van der Waals surface area contributed by atoms with E-state index in [2.05, 4.69) is 19.2 Å². The Balaban J connectivity index is 2.11. The third-order valence-corrected chi connectivity index (χ3v) is 3.92. The molecule has 3 heteroatoms. The summed E-state index contributed by atoms with van der Waals surface area (Å²) in [6.45, 7) is 5.11. The number of nitrogens with two attached hydrogens (primary N) is 1. The Kier molecular flexibility index (Phi) is 4.56. The summed E-state index contributed by atoms with van der Waals surface area (Å²) in [4.78, 5) is 0. The van der Waals surface area contributed by atoms with E-state index in [0.29, 0.717) is 6.61 Å². The fourth-order valence-corrected chi connectivity index (χ4v) is 2.77. The van der Waals surface area contributed by atoms with Gasteiger partial charge < -0.3 is 15.8 Å². The Hall–Kier alpha value is -1.38. The van der Waals surface area contributed by atoms with Gasteiger partial charge in [-0.25, -0.2) is 0 Å². The van der Waals surface area contributed by atoms with Gasteiger partial charge in [0, 0.05) is 5.54 Å². The van der Waals surface area contributed by atoms with Gasteiger partial charge in [0.25, 0.3) is 0 Å². The molecular formula is C16H26N2O. The van der Waals surface area contributed by atoms with Crippen LogP contribution >= 0.6 is 0 Å². The van der Waals surface area contributed by atoms with Gasteiger partial charge in [-0.05, 0) is 38.3 Å². The fourth-order valence-electron chi connectivity index (χ4n) is 2.77. The molecule has 0 unspecified atom stereocenters. The number of ether oxygens (including phenoxy) is 1. The monoisotopic (exact) mass is 262 g/mol. The maximum absolute atomic E-state index is 6.21. The molecule has 0 aromatic heterocycles. The van der Waals surface area contributed by atoms with E-state index < -0.39 is 0 Å². The van der Waals surface area contributed by atoms with E-state index in [1.54, 1.807) is 0 Å². The standard InChI is InChI=1S/C16H26N2O/c1-3-12-19-14-9-7-8-13(15(14)17)18-16(2)10-5-4-6-11-16/h7-9,18H,3-6,10-12,17H2,1-2H3. The number of nitrogens with one attached hydrogen (secondary N) is 1. The predicted molar refractivity (Wildman–Crippen MR) is 81.8 cm³/mol. The Bertz CT molecular complexity index is 411. The molecular weight excluding hydrogens is 236 g/mol. The molecule has 1 aromatic carbocycles. The van der Waals surface area contributed by atoms with Gasteiger partial charge in [-0.3, -0.25) is 0 Å². The molecule has 1 aromatic rings. The van der Waals surface area contributed by atoms with Crippen LogP contribution in [0.4, 0.5) is 11.4 Å². The van der Waals surface area contributed by atoms with Crippen molar-refractivity contribution < 1.29 is 4.74 Å². The molecule has 0 atom stereocenters. The highest BCUT2D eigenvalue weighted by molar-refractivity contribution is 5.73. The SMILES string of the molecule is CCCOc1cccc(NC2(C)CCCCC2)c1N. The van der Waals surface area contributed by atoms with Crippen LogP contribution in [0.2, 0.25) is 0 Å². The predicted octanol–water partition coefficient (Wildman–Crippen LogP) is 4.19. The van der Waals surface area contributed by atoms with Crippen LogP contribution in [-0.4, -0.2) is 12.1 Å². The van der Waals surface area contributed by atoms with Gasteiger partial charge in [0.15, 0.2) is 0 Å². The molecule has 0 saturated heterocycles. The summed E-state index contributed by atoms with van der Waals surface area (Å²) in [6, 6.07) is 6.00. The fraction of sp³-hybridized carbons (Fsp3) is 0.625. The summed E-state index contributed by atoms with van der Waals surface area (Å²) in [6.07, 6.45) is 7.38. The van der Waals surface area contributed by atoms with Crippen molar-refractivity contribution in [1.29, 1.82) is 0 Å². The molecule has 0 bridgehead atoms. The molecule has 0 radical (unpaired) electrons. The zero-order valence-corrected chi connectivity index (χ0v) is 12.2. The molecule has 0 amide bonds. The molecule has 1 aliphatic carbocycles. The Morgan fingerprint density at radius 2 is 2.00 bits per heavy atom. The normalized spacial score (nSPS) is 18.0. The van der Waals surface area contributed by atoms with Crippen LogP contribution < -0.4 is 15.8 Å². The van der Waals surface area contributed by atoms with Gasteiger partial charge in [0.05, 0.1) is 18.0 Å². The zero-order valence-electron chi connectivity index (χ0n) is 12.2. The number of nitrogen functional groups attached to an aromatic ring is 1. The maximum Gasteiger partial charge on any atom is 0.144 e. The van der Waals surface area contributed by atoms with Gasteiger partial charge in [-0.2, -0.15) is 0 Å². The van der Waals surface area contributed by atoms with Crippen molar-refractivity contribution in [3.8, 4) is 5.75 Å². The second-order valence-corrected chi connectivity index (χ2v) is 5.81. The lowest BCUT2D eigenvalue weighted by molar-refractivity contribution is 0.319. The first-order valence-corrected chi connectivity index (χ1v) is 7.44. The summed E-state index contributed by atoms with van der Waals surface area (Å²) >= 11 is 0. The first-order valence-electron chi connectivity index (χ1n) is 7.44. The summed E-state index contributed by atoms with van der Waals surface area (Å²) in [5.41, 5.74) is 8.14. The van der Waals surface area contributed by atoms with E-state index in [1.165, 1.54) is 32.1 Å². The van der Waals surface area contributed by atoms with E-state index >= 15 is 0 Å². The van der Waals surface area contributed by atoms with Crippen LogP contribution in [0.3, 0.4) is 0 Å². The van der Waals surface area contributed by atoms with Crippen LogP contribution in [-0.2, 0) is 0 Å². The van der Waals surface area contributed by atoms with Crippen molar-refractivity contribution in [2.24, 2.45) is 0 Å². The molecule has 0 aliphatic heterocycles. The first kappa shape index (κ1) is 14.0. The lowest BCUT2D eigenvalue weighted by Gasteiger charge is -2.36. The average molecular weight is 262 g/mol. The van der Waals surface area contributed by atoms with Gasteiger partial charge in [0.1, 0.15) is 5.75 Å². The number of rotatable bonds is 5. The molecule has 0 spiro atoms. The van der Waals surface area contributed by atoms with Crippen molar-refractivity contribution in [3.63, 3.8) is 0 Å². The summed E-state index contributed by atoms with van der Waals surface area (Å²) in [7, 11) is 0. The highest BCUT2D eigenvalue weighted by Gasteiger charge is 2.27. The van der Waals surface area contributed by atoms with Crippen molar-refractivity contribution in [1.82, 2.24) is 0 Å². The lowest BCUT2D eigenvalue weighted by Crippen LogP contribution is -2.37. The zero-order chi connectivity index (χ0) is 13.7. The van der Waals surface area contributed by atoms with Crippen LogP contribution in [0.15, 0.2) is 18.2 Å². The lowest BCUT2D eigenvalue weighted by atomic mass is 9.83. The van der Waals surface area contributed by atoms with Crippen LogP contribution in [0.25, 0.3) is 0 Å². The second kappa shape index (κ2) is 6.18. The topological polar surface area (TPSA) is 47.3 Å². The largest absolute Gasteiger partial charge is 0.491 e. The Labute approximate surface area is 116 Å². The molecule has 3 N–H and O–H groups in total. The number of hydrogen-bond acceptors (Lipinski definition) is 3. The first-order chi connectivity index (χ1) is 9.14. The van der Waals surface area contributed by atoms with Crippen molar-refractivity contribution >= 4 is 11.4 Å². The maximum atomic E-state index is 6.21. The minimum Gasteiger partial charge on any atom is -0.491 e. The van der Waals surface area contributed by atoms with Crippen molar-refractivity contribution in [2.75, 3.05) is 17.7 Å². The quantitative estimate of drug-likeness (QED) is 0.782. The van der Waals surface area contributed by atoms with Crippen LogP contribution in [0.1, 0.15) is 52.4 Å². The van der Waals surface area contributed by atoms with E-state index in [9.17, 15) is 0 Å². The third-order valence-electron chi connectivity index (χ3n) is 3.92. The molecule has 106 valence electrons. The van der Waals surface area contributed by atoms with Gasteiger partial charge in [0.2, 0.25) is 0 Å². The van der Waals surface area contributed by atoms with Crippen LogP contribution in [0, 0.1) is 0 Å². The number of benzene rings is 1. The van der Waals surface area contributed by atoms with E-state index in [0.717, 1.165) is 23.5 Å². The van der Waals surface area contributed by atoms with Gasteiger partial charge >= 0.3 is 0 Å². The highest BCUT2D eigenvalue weighted by atomic mass is 16.5. The summed E-state index contributed by atoms with van der Waals surface area (Å²) in [5, 5.41) is 3.64. The molecule has 2 rings (SSSR count). The number of hydrogen-bond donors (Lipinski definition) is 2. The number of anilines is 2. The third kappa shape index (κ3) is 3.55.